The average molecular weight is 371 g/mol. The van der Waals surface area contributed by atoms with E-state index in [1.807, 2.05) is 0 Å². The zero-order chi connectivity index (χ0) is 19.3. The van der Waals surface area contributed by atoms with Gasteiger partial charge in [0.15, 0.2) is 0 Å². The quantitative estimate of drug-likeness (QED) is 0.763. The largest absolute Gasteiger partial charge is 0.385 e. The van der Waals surface area contributed by atoms with Crippen LogP contribution in [0.25, 0.3) is 0 Å². The topological polar surface area (TPSA) is 61.4 Å². The maximum Gasteiger partial charge on any atom is 0.226 e. The van der Waals surface area contributed by atoms with Crippen LogP contribution in [-0.2, 0) is 10.2 Å². The SMILES string of the molecule is CC1(C)CC2CC(C)(C(=O)NCC3(O)CNC3)CC(c3ccccc3)(C2)C1. The molecule has 2 saturated carbocycles. The van der Waals surface area contributed by atoms with Crippen molar-refractivity contribution in [3.63, 3.8) is 0 Å². The Kier molecular flexibility index (Phi) is 4.43. The van der Waals surface area contributed by atoms with Gasteiger partial charge in [0, 0.05) is 25.0 Å². The van der Waals surface area contributed by atoms with E-state index < -0.39 is 5.60 Å². The van der Waals surface area contributed by atoms with Gasteiger partial charge >= 0.3 is 0 Å². The van der Waals surface area contributed by atoms with Gasteiger partial charge in [0.2, 0.25) is 5.91 Å². The summed E-state index contributed by atoms with van der Waals surface area (Å²) in [7, 11) is 0. The first kappa shape index (κ1) is 18.9. The second kappa shape index (κ2) is 6.31. The van der Waals surface area contributed by atoms with Gasteiger partial charge < -0.3 is 15.7 Å². The Bertz CT molecular complexity index is 712. The van der Waals surface area contributed by atoms with Crippen molar-refractivity contribution >= 4 is 5.91 Å². The van der Waals surface area contributed by atoms with Gasteiger partial charge in [0.05, 0.1) is 0 Å². The summed E-state index contributed by atoms with van der Waals surface area (Å²) >= 11 is 0. The van der Waals surface area contributed by atoms with Crippen molar-refractivity contribution in [1.82, 2.24) is 10.6 Å². The molecule has 1 aliphatic heterocycles. The van der Waals surface area contributed by atoms with Crippen molar-refractivity contribution in [2.75, 3.05) is 19.6 Å². The first-order chi connectivity index (χ1) is 12.6. The fraction of sp³-hybridized carbons (Fsp3) is 0.696. The van der Waals surface area contributed by atoms with E-state index in [2.05, 4.69) is 61.7 Å². The van der Waals surface area contributed by atoms with E-state index in [0.29, 0.717) is 31.0 Å². The third-order valence-corrected chi connectivity index (χ3v) is 7.23. The lowest BCUT2D eigenvalue weighted by Crippen LogP contribution is -2.65. The first-order valence-electron chi connectivity index (χ1n) is 10.4. The number of aliphatic hydroxyl groups is 1. The van der Waals surface area contributed by atoms with Crippen LogP contribution in [0, 0.1) is 16.7 Å². The molecule has 148 valence electrons. The molecule has 3 N–H and O–H groups in total. The van der Waals surface area contributed by atoms with Crippen LogP contribution in [0.1, 0.15) is 58.4 Å². The second-order valence-corrected chi connectivity index (χ2v) is 10.7. The summed E-state index contributed by atoms with van der Waals surface area (Å²) in [6.07, 6.45) is 5.37. The van der Waals surface area contributed by atoms with E-state index in [1.54, 1.807) is 0 Å². The molecule has 4 nitrogen and oxygen atoms in total. The molecule has 3 fully saturated rings. The minimum absolute atomic E-state index is 0.0763. The van der Waals surface area contributed by atoms with Crippen molar-refractivity contribution in [3.8, 4) is 0 Å². The van der Waals surface area contributed by atoms with Gasteiger partial charge in [-0.25, -0.2) is 0 Å². The van der Waals surface area contributed by atoms with Gasteiger partial charge in [0.25, 0.3) is 0 Å². The number of carbonyl (C=O) groups is 1. The highest BCUT2D eigenvalue weighted by molar-refractivity contribution is 5.82. The van der Waals surface area contributed by atoms with Gasteiger partial charge in [-0.15, -0.1) is 0 Å². The summed E-state index contributed by atoms with van der Waals surface area (Å²) in [5.41, 5.74) is 0.637. The highest BCUT2D eigenvalue weighted by atomic mass is 16.3. The van der Waals surface area contributed by atoms with Crippen molar-refractivity contribution in [2.24, 2.45) is 16.7 Å². The van der Waals surface area contributed by atoms with Crippen LogP contribution in [0.3, 0.4) is 0 Å². The maximum absolute atomic E-state index is 13.2. The van der Waals surface area contributed by atoms with Gasteiger partial charge in [-0.1, -0.05) is 51.1 Å². The number of rotatable bonds is 4. The lowest BCUT2D eigenvalue weighted by molar-refractivity contribution is -0.139. The van der Waals surface area contributed by atoms with E-state index in [1.165, 1.54) is 18.4 Å². The molecule has 3 atom stereocenters. The molecule has 1 heterocycles. The Morgan fingerprint density at radius 2 is 1.81 bits per heavy atom. The van der Waals surface area contributed by atoms with E-state index in [0.717, 1.165) is 19.3 Å². The summed E-state index contributed by atoms with van der Waals surface area (Å²) < 4.78 is 0. The van der Waals surface area contributed by atoms with E-state index >= 15 is 0 Å². The number of hydrogen-bond acceptors (Lipinski definition) is 3. The van der Waals surface area contributed by atoms with E-state index in [9.17, 15) is 9.90 Å². The van der Waals surface area contributed by atoms with Crippen LogP contribution in [0.2, 0.25) is 0 Å². The molecule has 3 aliphatic rings. The highest BCUT2D eigenvalue weighted by Crippen LogP contribution is 2.61. The zero-order valence-electron chi connectivity index (χ0n) is 17.0. The average Bonchev–Trinajstić information content (AvgIpc) is 2.56. The van der Waals surface area contributed by atoms with Crippen molar-refractivity contribution < 1.29 is 9.90 Å². The maximum atomic E-state index is 13.2. The molecule has 0 aromatic heterocycles. The molecular weight excluding hydrogens is 336 g/mol. The highest BCUT2D eigenvalue weighted by Gasteiger charge is 2.55. The van der Waals surface area contributed by atoms with Crippen LogP contribution in [0.5, 0.6) is 0 Å². The lowest BCUT2D eigenvalue weighted by atomic mass is 9.47. The molecule has 4 heteroatoms. The van der Waals surface area contributed by atoms with E-state index in [4.69, 9.17) is 0 Å². The summed E-state index contributed by atoms with van der Waals surface area (Å²) in [6, 6.07) is 10.8. The predicted octanol–water partition coefficient (Wildman–Crippen LogP) is 3.00. The number of carbonyl (C=O) groups excluding carboxylic acids is 1. The number of fused-ring (bicyclic) bond motifs is 2. The third-order valence-electron chi connectivity index (χ3n) is 7.23. The zero-order valence-corrected chi connectivity index (χ0v) is 17.0. The Morgan fingerprint density at radius 3 is 2.44 bits per heavy atom. The summed E-state index contributed by atoms with van der Waals surface area (Å²) in [4.78, 5) is 13.2. The van der Waals surface area contributed by atoms with Gasteiger partial charge in [-0.3, -0.25) is 4.79 Å². The lowest BCUT2D eigenvalue weighted by Gasteiger charge is -2.57. The van der Waals surface area contributed by atoms with Crippen LogP contribution < -0.4 is 10.6 Å². The fourth-order valence-corrected chi connectivity index (χ4v) is 6.49. The molecule has 3 unspecified atom stereocenters. The number of nitrogens with one attached hydrogen (secondary N) is 2. The Balaban J connectivity index is 1.59. The second-order valence-electron chi connectivity index (χ2n) is 10.7. The van der Waals surface area contributed by atoms with Gasteiger partial charge in [-0.05, 0) is 54.4 Å². The summed E-state index contributed by atoms with van der Waals surface area (Å²) in [6.45, 7) is 8.40. The molecule has 1 amide bonds. The van der Waals surface area contributed by atoms with Crippen LogP contribution in [-0.4, -0.2) is 36.2 Å². The van der Waals surface area contributed by atoms with Crippen molar-refractivity contribution in [3.05, 3.63) is 35.9 Å². The molecule has 1 aromatic rings. The Labute approximate surface area is 163 Å². The molecule has 0 spiro atoms. The standard InChI is InChI=1S/C23H34N2O2/c1-20(2)9-17-10-21(3,19(26)25-16-23(27)14-24-15-23)13-22(11-17,12-20)18-7-5-4-6-8-18/h4-8,17,24,27H,9-16H2,1-3H3,(H,25,26). The first-order valence-corrected chi connectivity index (χ1v) is 10.4. The minimum atomic E-state index is -0.768. The molecule has 4 rings (SSSR count). The molecule has 2 aliphatic carbocycles. The predicted molar refractivity (Wildman–Crippen MR) is 107 cm³/mol. The van der Waals surface area contributed by atoms with Crippen LogP contribution in [0.4, 0.5) is 0 Å². The third kappa shape index (κ3) is 3.54. The monoisotopic (exact) mass is 370 g/mol. The summed E-state index contributed by atoms with van der Waals surface area (Å²) in [5, 5.41) is 16.5. The molecule has 27 heavy (non-hydrogen) atoms. The normalized spacial score (nSPS) is 36.5. The molecule has 0 radical (unpaired) electrons. The van der Waals surface area contributed by atoms with Crippen LogP contribution in [0.15, 0.2) is 30.3 Å². The van der Waals surface area contributed by atoms with E-state index in [-0.39, 0.29) is 16.7 Å². The number of β-amino-alcohol motifs (C(OH)–C–C–N with tert-alkyl or cyclic N) is 1. The molecular formula is C23H34N2O2. The van der Waals surface area contributed by atoms with Gasteiger partial charge in [-0.2, -0.15) is 0 Å². The van der Waals surface area contributed by atoms with Gasteiger partial charge in [0.1, 0.15) is 5.60 Å². The Hall–Kier alpha value is -1.39. The molecule has 1 saturated heterocycles. The van der Waals surface area contributed by atoms with Crippen LogP contribution >= 0.6 is 0 Å². The molecule has 1 aromatic carbocycles. The van der Waals surface area contributed by atoms with Crippen molar-refractivity contribution in [2.45, 2.75) is 63.9 Å². The Morgan fingerprint density at radius 1 is 1.11 bits per heavy atom. The number of amides is 1. The summed E-state index contributed by atoms with van der Waals surface area (Å²) in [5.74, 6) is 0.694. The number of benzene rings is 1. The molecule has 2 bridgehead atoms. The minimum Gasteiger partial charge on any atom is -0.385 e. The number of hydrogen-bond donors (Lipinski definition) is 3. The van der Waals surface area contributed by atoms with Crippen molar-refractivity contribution in [1.29, 1.82) is 0 Å². The smallest absolute Gasteiger partial charge is 0.226 e. The fourth-order valence-electron chi connectivity index (χ4n) is 6.49.